The van der Waals surface area contributed by atoms with Gasteiger partial charge in [-0.05, 0) is 35.7 Å². The molecule has 0 aliphatic heterocycles. The Labute approximate surface area is 192 Å². The molecule has 0 bridgehead atoms. The van der Waals surface area contributed by atoms with Gasteiger partial charge in [0, 0.05) is 17.7 Å². The molecule has 0 radical (unpaired) electrons. The van der Waals surface area contributed by atoms with Crippen LogP contribution in [-0.4, -0.2) is 23.9 Å². The van der Waals surface area contributed by atoms with E-state index in [1.807, 2.05) is 60.7 Å². The normalized spacial score (nSPS) is 11.3. The Hall–Kier alpha value is -4.13. The number of hydrogen-bond donors (Lipinski definition) is 2. The Morgan fingerprint density at radius 1 is 0.788 bits per heavy atom. The minimum atomic E-state index is -1.02. The van der Waals surface area contributed by atoms with Gasteiger partial charge in [0.05, 0.1) is 0 Å². The summed E-state index contributed by atoms with van der Waals surface area (Å²) in [4.78, 5) is 37.6. The lowest BCUT2D eigenvalue weighted by Gasteiger charge is -2.18. The SMILES string of the molecule is Nc1cccc(C(=O)N[C@@H](CCC(=O)OCc2ccccc2)C(=O)OCc2ccccc2)c1. The number of rotatable bonds is 10. The molecule has 0 heterocycles. The number of anilines is 1. The molecule has 0 aromatic heterocycles. The van der Waals surface area contributed by atoms with Crippen molar-refractivity contribution in [2.24, 2.45) is 0 Å². The van der Waals surface area contributed by atoms with Crippen LogP contribution in [0.1, 0.15) is 34.3 Å². The second kappa shape index (κ2) is 12.0. The first kappa shape index (κ1) is 23.5. The van der Waals surface area contributed by atoms with Gasteiger partial charge in [-0.3, -0.25) is 9.59 Å². The van der Waals surface area contributed by atoms with E-state index in [1.165, 1.54) is 6.07 Å². The number of ether oxygens (including phenoxy) is 2. The molecule has 0 spiro atoms. The monoisotopic (exact) mass is 446 g/mol. The van der Waals surface area contributed by atoms with Gasteiger partial charge in [0.25, 0.3) is 5.91 Å². The molecule has 3 rings (SSSR count). The van der Waals surface area contributed by atoms with Crippen molar-refractivity contribution >= 4 is 23.5 Å². The third-order valence-corrected chi connectivity index (χ3v) is 4.84. The van der Waals surface area contributed by atoms with Gasteiger partial charge < -0.3 is 20.5 Å². The smallest absolute Gasteiger partial charge is 0.328 e. The summed E-state index contributed by atoms with van der Waals surface area (Å²) in [6, 6.07) is 23.9. The van der Waals surface area contributed by atoms with E-state index in [0.29, 0.717) is 11.3 Å². The third-order valence-electron chi connectivity index (χ3n) is 4.84. The van der Waals surface area contributed by atoms with E-state index in [-0.39, 0.29) is 26.1 Å². The maximum absolute atomic E-state index is 12.7. The minimum absolute atomic E-state index is 0.0370. The summed E-state index contributed by atoms with van der Waals surface area (Å²) in [5, 5.41) is 2.65. The van der Waals surface area contributed by atoms with Crippen LogP contribution in [0.25, 0.3) is 0 Å². The number of benzene rings is 3. The number of carbonyl (C=O) groups excluding carboxylic acids is 3. The molecule has 0 saturated heterocycles. The first-order valence-electron chi connectivity index (χ1n) is 10.6. The van der Waals surface area contributed by atoms with Crippen LogP contribution in [0.5, 0.6) is 0 Å². The van der Waals surface area contributed by atoms with Gasteiger partial charge in [0.15, 0.2) is 0 Å². The Kier molecular flexibility index (Phi) is 8.59. The third kappa shape index (κ3) is 7.81. The first-order valence-corrected chi connectivity index (χ1v) is 10.6. The molecule has 0 aliphatic rings. The zero-order valence-corrected chi connectivity index (χ0v) is 18.1. The van der Waals surface area contributed by atoms with Crippen LogP contribution in [0.4, 0.5) is 5.69 Å². The van der Waals surface area contributed by atoms with Crippen molar-refractivity contribution in [3.63, 3.8) is 0 Å². The molecule has 0 fully saturated rings. The summed E-state index contributed by atoms with van der Waals surface area (Å²) in [5.41, 5.74) is 8.15. The van der Waals surface area contributed by atoms with Crippen molar-refractivity contribution in [3.8, 4) is 0 Å². The molecular weight excluding hydrogens is 420 g/mol. The first-order chi connectivity index (χ1) is 16.0. The van der Waals surface area contributed by atoms with E-state index in [1.54, 1.807) is 18.2 Å². The highest BCUT2D eigenvalue weighted by atomic mass is 16.5. The molecule has 0 unspecified atom stereocenters. The molecule has 3 N–H and O–H groups in total. The second-order valence-electron chi connectivity index (χ2n) is 7.43. The van der Waals surface area contributed by atoms with E-state index in [0.717, 1.165) is 11.1 Å². The predicted octanol–water partition coefficient (Wildman–Crippen LogP) is 3.63. The summed E-state index contributed by atoms with van der Waals surface area (Å²) in [7, 11) is 0. The van der Waals surface area contributed by atoms with E-state index in [2.05, 4.69) is 5.32 Å². The van der Waals surface area contributed by atoms with E-state index in [9.17, 15) is 14.4 Å². The molecule has 33 heavy (non-hydrogen) atoms. The molecule has 3 aromatic carbocycles. The van der Waals surface area contributed by atoms with Gasteiger partial charge in [-0.2, -0.15) is 0 Å². The summed E-state index contributed by atoms with van der Waals surface area (Å²) in [6.07, 6.45) is -0.0234. The highest BCUT2D eigenvalue weighted by Gasteiger charge is 2.24. The highest BCUT2D eigenvalue weighted by molar-refractivity contribution is 5.97. The van der Waals surface area contributed by atoms with Crippen LogP contribution in [0.2, 0.25) is 0 Å². The van der Waals surface area contributed by atoms with Crippen molar-refractivity contribution in [2.45, 2.75) is 32.1 Å². The average molecular weight is 447 g/mol. The molecule has 1 amide bonds. The Morgan fingerprint density at radius 3 is 2.00 bits per heavy atom. The number of amides is 1. The summed E-state index contributed by atoms with van der Waals surface area (Å²) < 4.78 is 10.7. The van der Waals surface area contributed by atoms with Crippen LogP contribution < -0.4 is 11.1 Å². The number of esters is 2. The lowest BCUT2D eigenvalue weighted by atomic mass is 10.1. The van der Waals surface area contributed by atoms with Gasteiger partial charge >= 0.3 is 11.9 Å². The summed E-state index contributed by atoms with van der Waals surface area (Å²) >= 11 is 0. The zero-order valence-electron chi connectivity index (χ0n) is 18.1. The number of nitrogen functional groups attached to an aromatic ring is 1. The highest BCUT2D eigenvalue weighted by Crippen LogP contribution is 2.11. The van der Waals surface area contributed by atoms with E-state index >= 15 is 0 Å². The van der Waals surface area contributed by atoms with Crippen molar-refractivity contribution in [2.75, 3.05) is 5.73 Å². The van der Waals surface area contributed by atoms with Crippen molar-refractivity contribution in [1.82, 2.24) is 5.32 Å². The van der Waals surface area contributed by atoms with Crippen LogP contribution in [0, 0.1) is 0 Å². The lowest BCUT2D eigenvalue weighted by Crippen LogP contribution is -2.42. The van der Waals surface area contributed by atoms with Crippen LogP contribution in [0.3, 0.4) is 0 Å². The van der Waals surface area contributed by atoms with E-state index in [4.69, 9.17) is 15.2 Å². The number of nitrogens with one attached hydrogen (secondary N) is 1. The molecule has 3 aromatic rings. The van der Waals surface area contributed by atoms with Gasteiger partial charge in [-0.1, -0.05) is 66.7 Å². The molecular formula is C26H26N2O5. The summed E-state index contributed by atoms with van der Waals surface area (Å²) in [6.45, 7) is 0.196. The Balaban J connectivity index is 1.60. The van der Waals surface area contributed by atoms with Gasteiger partial charge in [0.1, 0.15) is 19.3 Å². The quantitative estimate of drug-likeness (QED) is 0.364. The fourth-order valence-electron chi connectivity index (χ4n) is 3.07. The molecule has 7 nitrogen and oxygen atoms in total. The average Bonchev–Trinajstić information content (AvgIpc) is 2.85. The minimum Gasteiger partial charge on any atom is -0.461 e. The molecule has 7 heteroatoms. The Morgan fingerprint density at radius 2 is 1.39 bits per heavy atom. The van der Waals surface area contributed by atoms with Crippen LogP contribution in [0.15, 0.2) is 84.9 Å². The predicted molar refractivity (Wildman–Crippen MR) is 124 cm³/mol. The van der Waals surface area contributed by atoms with Crippen LogP contribution in [-0.2, 0) is 32.3 Å². The van der Waals surface area contributed by atoms with Gasteiger partial charge in [-0.15, -0.1) is 0 Å². The topological polar surface area (TPSA) is 108 Å². The number of carbonyl (C=O) groups is 3. The maximum atomic E-state index is 12.7. The van der Waals surface area contributed by atoms with Crippen molar-refractivity contribution in [3.05, 3.63) is 102 Å². The maximum Gasteiger partial charge on any atom is 0.328 e. The summed E-state index contributed by atoms with van der Waals surface area (Å²) in [5.74, 6) is -1.59. The van der Waals surface area contributed by atoms with E-state index < -0.39 is 23.9 Å². The fraction of sp³-hybridized carbons (Fsp3) is 0.192. The van der Waals surface area contributed by atoms with Crippen molar-refractivity contribution < 1.29 is 23.9 Å². The second-order valence-corrected chi connectivity index (χ2v) is 7.43. The van der Waals surface area contributed by atoms with Crippen LogP contribution >= 0.6 is 0 Å². The zero-order chi connectivity index (χ0) is 23.5. The largest absolute Gasteiger partial charge is 0.461 e. The molecule has 0 aliphatic carbocycles. The fourth-order valence-corrected chi connectivity index (χ4v) is 3.07. The molecule has 1 atom stereocenters. The van der Waals surface area contributed by atoms with Gasteiger partial charge in [-0.25, -0.2) is 4.79 Å². The van der Waals surface area contributed by atoms with Gasteiger partial charge in [0.2, 0.25) is 0 Å². The lowest BCUT2D eigenvalue weighted by molar-refractivity contribution is -0.148. The molecule has 0 saturated carbocycles. The van der Waals surface area contributed by atoms with Crippen molar-refractivity contribution in [1.29, 1.82) is 0 Å². The molecule has 170 valence electrons. The number of hydrogen-bond acceptors (Lipinski definition) is 6. The number of nitrogens with two attached hydrogens (primary N) is 1. The Bertz CT molecular complexity index is 1070. The standard InChI is InChI=1S/C26H26N2O5/c27-22-13-7-12-21(16-22)25(30)28-23(26(31)33-18-20-10-5-2-6-11-20)14-15-24(29)32-17-19-8-3-1-4-9-19/h1-13,16,23H,14-15,17-18,27H2,(H,28,30)/t23-/m0/s1.